The minimum atomic E-state index is -0.118. The molecule has 0 aliphatic rings. The van der Waals surface area contributed by atoms with Gasteiger partial charge < -0.3 is 19.5 Å². The molecule has 10 heteroatoms. The predicted octanol–water partition coefficient (Wildman–Crippen LogP) is 2.10. The third-order valence-electron chi connectivity index (χ3n) is 4.03. The second kappa shape index (κ2) is 9.78. The number of nitrogens with one attached hydrogen (secondary N) is 1. The molecule has 9 nitrogen and oxygen atoms in total. The Morgan fingerprint density at radius 1 is 1.03 bits per heavy atom. The maximum absolute atomic E-state index is 12.2. The molecule has 0 spiro atoms. The summed E-state index contributed by atoms with van der Waals surface area (Å²) in [4.78, 5) is 12.2. The lowest BCUT2D eigenvalue weighted by atomic mass is 10.2. The van der Waals surface area contributed by atoms with E-state index in [9.17, 15) is 4.79 Å². The molecule has 0 radical (unpaired) electrons. The van der Waals surface area contributed by atoms with Crippen LogP contribution in [0.3, 0.4) is 0 Å². The molecule has 0 saturated carbocycles. The van der Waals surface area contributed by atoms with Gasteiger partial charge in [-0.15, -0.1) is 5.10 Å². The Kier molecular flexibility index (Phi) is 6.90. The van der Waals surface area contributed by atoms with Crippen molar-refractivity contribution in [1.29, 1.82) is 0 Å². The molecule has 152 valence electrons. The van der Waals surface area contributed by atoms with Gasteiger partial charge in [-0.1, -0.05) is 23.9 Å². The number of methoxy groups -OCH3 is 3. The Morgan fingerprint density at radius 2 is 1.79 bits per heavy atom. The van der Waals surface area contributed by atoms with Crippen LogP contribution in [0.2, 0.25) is 0 Å². The highest BCUT2D eigenvalue weighted by molar-refractivity contribution is 7.99. The van der Waals surface area contributed by atoms with Crippen molar-refractivity contribution >= 4 is 17.7 Å². The van der Waals surface area contributed by atoms with Gasteiger partial charge in [-0.3, -0.25) is 4.79 Å². The van der Waals surface area contributed by atoms with Crippen LogP contribution in [0.15, 0.2) is 47.6 Å². The van der Waals surface area contributed by atoms with Crippen LogP contribution in [-0.2, 0) is 11.3 Å². The van der Waals surface area contributed by atoms with Gasteiger partial charge in [-0.2, -0.15) is 4.68 Å². The Labute approximate surface area is 172 Å². The first-order chi connectivity index (χ1) is 14.1. The molecule has 29 heavy (non-hydrogen) atoms. The van der Waals surface area contributed by atoms with E-state index in [1.165, 1.54) is 11.8 Å². The summed E-state index contributed by atoms with van der Waals surface area (Å²) in [6.07, 6.45) is 0. The molecule has 0 unspecified atom stereocenters. The summed E-state index contributed by atoms with van der Waals surface area (Å²) in [6, 6.07) is 12.9. The van der Waals surface area contributed by atoms with E-state index in [0.29, 0.717) is 28.9 Å². The lowest BCUT2D eigenvalue weighted by Gasteiger charge is -2.10. The van der Waals surface area contributed by atoms with Crippen molar-refractivity contribution in [2.24, 2.45) is 0 Å². The first-order valence-electron chi connectivity index (χ1n) is 8.67. The fourth-order valence-electron chi connectivity index (χ4n) is 2.51. The Hall–Kier alpha value is -3.27. The van der Waals surface area contributed by atoms with Crippen molar-refractivity contribution in [1.82, 2.24) is 25.5 Å². The third kappa shape index (κ3) is 5.17. The molecule has 2 aromatic carbocycles. The number of hydrogen-bond acceptors (Lipinski definition) is 8. The lowest BCUT2D eigenvalue weighted by Crippen LogP contribution is -2.24. The van der Waals surface area contributed by atoms with Gasteiger partial charge in [0, 0.05) is 12.6 Å². The number of carbonyl (C=O) groups excluding carboxylic acids is 1. The van der Waals surface area contributed by atoms with Crippen molar-refractivity contribution in [3.63, 3.8) is 0 Å². The Bertz CT molecular complexity index is 961. The number of aromatic nitrogens is 4. The highest BCUT2D eigenvalue weighted by Gasteiger charge is 2.14. The van der Waals surface area contributed by atoms with Gasteiger partial charge >= 0.3 is 0 Å². The van der Waals surface area contributed by atoms with Crippen molar-refractivity contribution in [2.45, 2.75) is 11.7 Å². The van der Waals surface area contributed by atoms with Gasteiger partial charge in [0.05, 0.1) is 32.8 Å². The van der Waals surface area contributed by atoms with E-state index in [2.05, 4.69) is 20.8 Å². The first-order valence-corrected chi connectivity index (χ1v) is 9.66. The average Bonchev–Trinajstić information content (AvgIpc) is 3.24. The molecule has 0 aliphatic heterocycles. The van der Waals surface area contributed by atoms with Crippen LogP contribution < -0.4 is 19.5 Å². The standard InChI is InChI=1S/C19H21N5O4S/c1-26-15-7-4-13(5-8-15)11-20-18(25)12-29-19-21-22-23-24(19)14-6-9-16(27-2)17(10-14)28-3/h4-10H,11-12H2,1-3H3,(H,20,25). The topological polar surface area (TPSA) is 100 Å². The number of nitrogens with zero attached hydrogens (tertiary/aromatic N) is 4. The third-order valence-corrected chi connectivity index (χ3v) is 4.95. The monoisotopic (exact) mass is 415 g/mol. The molecule has 1 N–H and O–H groups in total. The van der Waals surface area contributed by atoms with E-state index in [4.69, 9.17) is 14.2 Å². The second-order valence-electron chi connectivity index (χ2n) is 5.83. The van der Waals surface area contributed by atoms with Crippen molar-refractivity contribution < 1.29 is 19.0 Å². The number of benzene rings is 2. The van der Waals surface area contributed by atoms with E-state index in [1.807, 2.05) is 30.3 Å². The first kappa shape index (κ1) is 20.5. The van der Waals surface area contributed by atoms with Crippen LogP contribution in [-0.4, -0.2) is 53.2 Å². The lowest BCUT2D eigenvalue weighted by molar-refractivity contribution is -0.118. The Balaban J connectivity index is 1.59. The minimum absolute atomic E-state index is 0.118. The molecule has 0 aliphatic carbocycles. The molecular weight excluding hydrogens is 394 g/mol. The van der Waals surface area contributed by atoms with E-state index < -0.39 is 0 Å². The summed E-state index contributed by atoms with van der Waals surface area (Å²) in [5.74, 6) is 2.01. The van der Waals surface area contributed by atoms with Crippen LogP contribution in [0.5, 0.6) is 17.2 Å². The van der Waals surface area contributed by atoms with E-state index in [1.54, 1.807) is 38.1 Å². The van der Waals surface area contributed by atoms with Crippen LogP contribution in [0.4, 0.5) is 0 Å². The SMILES string of the molecule is COc1ccc(CNC(=O)CSc2nnnn2-c2ccc(OC)c(OC)c2)cc1. The molecule has 1 heterocycles. The molecule has 1 amide bonds. The molecule has 0 atom stereocenters. The van der Waals surface area contributed by atoms with Gasteiger partial charge in [0.25, 0.3) is 0 Å². The highest BCUT2D eigenvalue weighted by atomic mass is 32.2. The zero-order chi connectivity index (χ0) is 20.6. The fourth-order valence-corrected chi connectivity index (χ4v) is 3.23. The molecule has 0 saturated heterocycles. The maximum atomic E-state index is 12.2. The molecule has 0 fully saturated rings. The van der Waals surface area contributed by atoms with Crippen molar-refractivity contribution in [3.05, 3.63) is 48.0 Å². The summed E-state index contributed by atoms with van der Waals surface area (Å²) < 4.78 is 17.2. The van der Waals surface area contributed by atoms with Gasteiger partial charge in [0.2, 0.25) is 11.1 Å². The number of tetrazole rings is 1. The van der Waals surface area contributed by atoms with Gasteiger partial charge in [-0.25, -0.2) is 0 Å². The summed E-state index contributed by atoms with van der Waals surface area (Å²) in [6.45, 7) is 0.435. The zero-order valence-corrected chi connectivity index (χ0v) is 17.1. The molecule has 0 bridgehead atoms. The fraction of sp³-hybridized carbons (Fsp3) is 0.263. The minimum Gasteiger partial charge on any atom is -0.497 e. The largest absolute Gasteiger partial charge is 0.497 e. The van der Waals surface area contributed by atoms with Crippen LogP contribution in [0.1, 0.15) is 5.56 Å². The molecule has 3 rings (SSSR count). The smallest absolute Gasteiger partial charge is 0.230 e. The number of amides is 1. The molecular formula is C19H21N5O4S. The van der Waals surface area contributed by atoms with E-state index in [0.717, 1.165) is 11.3 Å². The van der Waals surface area contributed by atoms with Crippen LogP contribution in [0.25, 0.3) is 5.69 Å². The van der Waals surface area contributed by atoms with Gasteiger partial charge in [-0.05, 0) is 40.3 Å². The molecule has 1 aromatic heterocycles. The van der Waals surface area contributed by atoms with Gasteiger partial charge in [0.15, 0.2) is 11.5 Å². The van der Waals surface area contributed by atoms with Gasteiger partial charge in [0.1, 0.15) is 5.75 Å². The highest BCUT2D eigenvalue weighted by Crippen LogP contribution is 2.30. The average molecular weight is 415 g/mol. The van der Waals surface area contributed by atoms with Crippen molar-refractivity contribution in [2.75, 3.05) is 27.1 Å². The summed E-state index contributed by atoms with van der Waals surface area (Å²) in [5.41, 5.74) is 1.69. The normalized spacial score (nSPS) is 10.4. The van der Waals surface area contributed by atoms with Crippen LogP contribution >= 0.6 is 11.8 Å². The number of ether oxygens (including phenoxy) is 3. The maximum Gasteiger partial charge on any atom is 0.230 e. The second-order valence-corrected chi connectivity index (χ2v) is 6.77. The summed E-state index contributed by atoms with van der Waals surface area (Å²) in [7, 11) is 4.74. The van der Waals surface area contributed by atoms with E-state index >= 15 is 0 Å². The predicted molar refractivity (Wildman–Crippen MR) is 108 cm³/mol. The summed E-state index contributed by atoms with van der Waals surface area (Å²) in [5, 5.41) is 15.1. The Morgan fingerprint density at radius 3 is 2.48 bits per heavy atom. The zero-order valence-electron chi connectivity index (χ0n) is 16.3. The van der Waals surface area contributed by atoms with Crippen molar-refractivity contribution in [3.8, 4) is 22.9 Å². The number of hydrogen-bond donors (Lipinski definition) is 1. The molecule has 3 aromatic rings. The quantitative estimate of drug-likeness (QED) is 0.530. The number of carbonyl (C=O) groups is 1. The number of rotatable bonds is 9. The summed E-state index contributed by atoms with van der Waals surface area (Å²) >= 11 is 1.24. The van der Waals surface area contributed by atoms with E-state index in [-0.39, 0.29) is 11.7 Å². The number of thioether (sulfide) groups is 1. The van der Waals surface area contributed by atoms with Crippen LogP contribution in [0, 0.1) is 0 Å².